The smallest absolute Gasteiger partial charge is 0.225 e. The highest BCUT2D eigenvalue weighted by atomic mass is 127. The first-order chi connectivity index (χ1) is 13.7. The SMILES string of the molecule is CN=C(NCc1cc2ccccc2[nH]1)NC1CCN(C(=O)C2CCCCC2)C1.I. The first-order valence-corrected chi connectivity index (χ1v) is 10.6. The van der Waals surface area contributed by atoms with E-state index in [1.54, 1.807) is 7.05 Å². The van der Waals surface area contributed by atoms with Crippen LogP contribution in [0.2, 0.25) is 0 Å². The molecule has 1 aromatic heterocycles. The summed E-state index contributed by atoms with van der Waals surface area (Å²) >= 11 is 0. The molecule has 0 radical (unpaired) electrons. The topological polar surface area (TPSA) is 72.5 Å². The largest absolute Gasteiger partial charge is 0.357 e. The van der Waals surface area contributed by atoms with E-state index < -0.39 is 0 Å². The lowest BCUT2D eigenvalue weighted by molar-refractivity contribution is -0.135. The molecule has 1 unspecified atom stereocenters. The number of carbonyl (C=O) groups is 1. The summed E-state index contributed by atoms with van der Waals surface area (Å²) in [6, 6.07) is 10.7. The maximum absolute atomic E-state index is 12.7. The molecule has 6 nitrogen and oxygen atoms in total. The molecule has 1 aliphatic carbocycles. The van der Waals surface area contributed by atoms with Crippen molar-refractivity contribution >= 4 is 46.7 Å². The number of fused-ring (bicyclic) bond motifs is 1. The van der Waals surface area contributed by atoms with Crippen LogP contribution in [0.3, 0.4) is 0 Å². The van der Waals surface area contributed by atoms with Crippen LogP contribution >= 0.6 is 24.0 Å². The third-order valence-corrected chi connectivity index (χ3v) is 6.05. The number of amides is 1. The third kappa shape index (κ3) is 5.43. The molecular weight excluding hydrogens is 477 g/mol. The molecule has 1 saturated carbocycles. The number of guanidine groups is 1. The summed E-state index contributed by atoms with van der Waals surface area (Å²) in [5.74, 6) is 1.41. The fourth-order valence-corrected chi connectivity index (χ4v) is 4.48. The van der Waals surface area contributed by atoms with Crippen molar-refractivity contribution in [3.8, 4) is 0 Å². The van der Waals surface area contributed by atoms with E-state index in [0.29, 0.717) is 12.5 Å². The Labute approximate surface area is 189 Å². The normalized spacial score (nSPS) is 20.5. The van der Waals surface area contributed by atoms with Gasteiger partial charge >= 0.3 is 0 Å². The average Bonchev–Trinajstić information content (AvgIpc) is 3.37. The molecule has 1 saturated heterocycles. The fourth-order valence-electron chi connectivity index (χ4n) is 4.48. The summed E-state index contributed by atoms with van der Waals surface area (Å²) in [5.41, 5.74) is 2.28. The Hall–Kier alpha value is -1.77. The minimum atomic E-state index is 0. The second-order valence-electron chi connectivity index (χ2n) is 8.06. The fraction of sp³-hybridized carbons (Fsp3) is 0.545. The summed E-state index contributed by atoms with van der Waals surface area (Å²) < 4.78 is 0. The molecule has 1 atom stereocenters. The second kappa shape index (κ2) is 10.3. The quantitative estimate of drug-likeness (QED) is 0.335. The first kappa shape index (κ1) is 21.9. The number of para-hydroxylation sites is 1. The average molecular weight is 509 g/mol. The van der Waals surface area contributed by atoms with Gasteiger partial charge in [-0.25, -0.2) is 0 Å². The Bertz CT molecular complexity index is 810. The van der Waals surface area contributed by atoms with Crippen LogP contribution in [-0.2, 0) is 11.3 Å². The van der Waals surface area contributed by atoms with Gasteiger partial charge in [-0.1, -0.05) is 37.5 Å². The number of aliphatic imine (C=N–C) groups is 1. The summed E-state index contributed by atoms with van der Waals surface area (Å²) in [7, 11) is 1.79. The Kier molecular flexibility index (Phi) is 7.80. The molecule has 2 heterocycles. The standard InChI is InChI=1S/C22H31N5O.HI/c1-23-22(24-14-19-13-17-9-5-6-10-20(17)25-19)26-18-11-12-27(15-18)21(28)16-7-3-2-4-8-16;/h5-6,9-10,13,16,18,25H,2-4,7-8,11-12,14-15H2,1H3,(H2,23,24,26);1H. The van der Waals surface area contributed by atoms with Gasteiger partial charge in [0.25, 0.3) is 0 Å². The van der Waals surface area contributed by atoms with Gasteiger partial charge in [0.1, 0.15) is 0 Å². The van der Waals surface area contributed by atoms with Crippen molar-refractivity contribution in [2.24, 2.45) is 10.9 Å². The van der Waals surface area contributed by atoms with E-state index in [1.165, 1.54) is 24.6 Å². The summed E-state index contributed by atoms with van der Waals surface area (Å²) in [5, 5.41) is 8.09. The van der Waals surface area contributed by atoms with Crippen molar-refractivity contribution in [3.05, 3.63) is 36.0 Å². The van der Waals surface area contributed by atoms with Crippen LogP contribution in [0.15, 0.2) is 35.3 Å². The molecule has 4 rings (SSSR count). The number of hydrogen-bond acceptors (Lipinski definition) is 2. The van der Waals surface area contributed by atoms with E-state index >= 15 is 0 Å². The summed E-state index contributed by atoms with van der Waals surface area (Å²) in [4.78, 5) is 22.6. The van der Waals surface area contributed by atoms with Gasteiger partial charge in [-0.15, -0.1) is 24.0 Å². The lowest BCUT2D eigenvalue weighted by Gasteiger charge is -2.26. The van der Waals surface area contributed by atoms with Gasteiger partial charge in [-0.05, 0) is 36.8 Å². The Morgan fingerprint density at radius 1 is 1.21 bits per heavy atom. The minimum Gasteiger partial charge on any atom is -0.357 e. The van der Waals surface area contributed by atoms with E-state index in [1.807, 2.05) is 12.1 Å². The zero-order valence-electron chi connectivity index (χ0n) is 17.1. The van der Waals surface area contributed by atoms with Crippen molar-refractivity contribution < 1.29 is 4.79 Å². The van der Waals surface area contributed by atoms with Crippen molar-refractivity contribution in [2.45, 2.75) is 51.1 Å². The summed E-state index contributed by atoms with van der Waals surface area (Å²) in [6.45, 7) is 2.32. The third-order valence-electron chi connectivity index (χ3n) is 6.05. The number of benzene rings is 1. The monoisotopic (exact) mass is 509 g/mol. The molecule has 2 aromatic rings. The number of aromatic amines is 1. The number of hydrogen-bond donors (Lipinski definition) is 3. The molecule has 7 heteroatoms. The van der Waals surface area contributed by atoms with E-state index in [9.17, 15) is 4.79 Å². The second-order valence-corrected chi connectivity index (χ2v) is 8.06. The van der Waals surface area contributed by atoms with Crippen molar-refractivity contribution in [3.63, 3.8) is 0 Å². The van der Waals surface area contributed by atoms with Gasteiger partial charge in [0.15, 0.2) is 5.96 Å². The van der Waals surface area contributed by atoms with Crippen molar-refractivity contribution in [1.82, 2.24) is 20.5 Å². The van der Waals surface area contributed by atoms with Crippen molar-refractivity contribution in [1.29, 1.82) is 0 Å². The maximum atomic E-state index is 12.7. The van der Waals surface area contributed by atoms with Gasteiger partial charge in [-0.3, -0.25) is 9.79 Å². The predicted molar refractivity (Wildman–Crippen MR) is 129 cm³/mol. The molecule has 3 N–H and O–H groups in total. The van der Waals surface area contributed by atoms with Crippen LogP contribution in [0.5, 0.6) is 0 Å². The van der Waals surface area contributed by atoms with E-state index in [4.69, 9.17) is 0 Å². The van der Waals surface area contributed by atoms with Crippen LogP contribution in [-0.4, -0.2) is 47.9 Å². The van der Waals surface area contributed by atoms with Gasteiger partial charge < -0.3 is 20.5 Å². The number of likely N-dealkylation sites (tertiary alicyclic amines) is 1. The number of halogens is 1. The van der Waals surface area contributed by atoms with Gasteiger partial charge in [-0.2, -0.15) is 0 Å². The van der Waals surface area contributed by atoms with Crippen LogP contribution in [0.1, 0.15) is 44.2 Å². The van der Waals surface area contributed by atoms with Crippen LogP contribution in [0.4, 0.5) is 0 Å². The molecular formula is C22H32IN5O. The molecule has 2 fully saturated rings. The van der Waals surface area contributed by atoms with Gasteiger partial charge in [0.05, 0.1) is 6.54 Å². The number of aromatic nitrogens is 1. The first-order valence-electron chi connectivity index (χ1n) is 10.6. The lowest BCUT2D eigenvalue weighted by Crippen LogP contribution is -2.45. The molecule has 1 aliphatic heterocycles. The molecule has 29 heavy (non-hydrogen) atoms. The minimum absolute atomic E-state index is 0. The Morgan fingerprint density at radius 3 is 2.76 bits per heavy atom. The van der Waals surface area contributed by atoms with Crippen LogP contribution in [0.25, 0.3) is 10.9 Å². The van der Waals surface area contributed by atoms with Crippen molar-refractivity contribution in [2.75, 3.05) is 20.1 Å². The van der Waals surface area contributed by atoms with E-state index in [-0.39, 0.29) is 35.9 Å². The van der Waals surface area contributed by atoms with Crippen LogP contribution < -0.4 is 10.6 Å². The zero-order chi connectivity index (χ0) is 19.3. The zero-order valence-corrected chi connectivity index (χ0v) is 19.4. The molecule has 0 bridgehead atoms. The summed E-state index contributed by atoms with van der Waals surface area (Å²) in [6.07, 6.45) is 6.81. The number of nitrogens with zero attached hydrogens (tertiary/aromatic N) is 2. The number of H-pyrrole nitrogens is 1. The van der Waals surface area contributed by atoms with Gasteiger partial charge in [0.2, 0.25) is 5.91 Å². The number of rotatable bonds is 4. The lowest BCUT2D eigenvalue weighted by atomic mass is 9.88. The molecule has 1 amide bonds. The Balaban J connectivity index is 0.00000240. The highest BCUT2D eigenvalue weighted by Gasteiger charge is 2.31. The molecule has 0 spiro atoms. The molecule has 158 valence electrons. The Morgan fingerprint density at radius 2 is 2.00 bits per heavy atom. The number of nitrogens with one attached hydrogen (secondary N) is 3. The van der Waals surface area contributed by atoms with Gasteiger partial charge in [0, 0.05) is 43.3 Å². The highest BCUT2D eigenvalue weighted by Crippen LogP contribution is 2.26. The maximum Gasteiger partial charge on any atom is 0.225 e. The predicted octanol–water partition coefficient (Wildman–Crippen LogP) is 3.63. The van der Waals surface area contributed by atoms with E-state index in [0.717, 1.165) is 49.5 Å². The number of carbonyl (C=O) groups excluding carboxylic acids is 1. The van der Waals surface area contributed by atoms with E-state index in [2.05, 4.69) is 43.7 Å². The molecule has 2 aliphatic rings. The van der Waals surface area contributed by atoms with Crippen LogP contribution in [0, 0.1) is 5.92 Å². The molecule has 1 aromatic carbocycles. The highest BCUT2D eigenvalue weighted by molar-refractivity contribution is 14.0.